The fourth-order valence-corrected chi connectivity index (χ4v) is 10.8. The van der Waals surface area contributed by atoms with Crippen molar-refractivity contribution in [1.29, 1.82) is 0 Å². The van der Waals surface area contributed by atoms with Gasteiger partial charge in [0.25, 0.3) is 0 Å². The van der Waals surface area contributed by atoms with Gasteiger partial charge in [0.05, 0.1) is 18.6 Å². The number of thioether (sulfide) groups is 2. The van der Waals surface area contributed by atoms with Crippen molar-refractivity contribution >= 4 is 112 Å². The summed E-state index contributed by atoms with van der Waals surface area (Å²) in [6, 6.07) is -17.0. The van der Waals surface area contributed by atoms with Gasteiger partial charge in [-0.1, -0.05) is 27.7 Å². The molecule has 0 aliphatic rings. The smallest absolute Gasteiger partial charge is 0.328 e. The van der Waals surface area contributed by atoms with Gasteiger partial charge in [-0.2, -0.15) is 23.5 Å². The summed E-state index contributed by atoms with van der Waals surface area (Å²) in [4.78, 5) is 195. The molecule has 0 saturated carbocycles. The predicted molar refractivity (Wildman–Crippen MR) is 380 cm³/mol. The van der Waals surface area contributed by atoms with Crippen LogP contribution in [0.4, 0.5) is 0 Å². The number of rotatable bonds is 55. The SMILES string of the molecule is CSCC[C@H](NC(=O)[C@H](CC(C)C)NC(=O)[C@H](C)NC(=O)[C@H](CCSC)NC(=O)[C@@H](N)CC(C)C)C(=O)N[C@@H](CCCCN)C(=O)N[C@@H](CCCCN)C(=O)N[C@@H](CCCN=C(N)N)C(=O)N[C@@H](CC(N)=O)C(=O)N[C@@H](CCC(N)=O)C(=O)N[C@@H](CCCCN)C(=O)N[C@H](C(=O)O)[C@@H](C)O. The molecule has 0 heterocycles. The standard InChI is InChI=1S/C62H116N20O16S2/c1-33(2)30-37(66)51(87)73-43(22-28-99-7)52(88)72-35(5)50(86)80-45(31-34(3)4)59(95)79-44(23-29-100-8)57(93)75-39(17-10-13-25-64)53(89)74-38(16-9-12-24-63)54(90)77-41(19-15-27-71-62(69)70)55(91)81-46(32-48(68)85)60(96)78-42(20-21-47(67)84)56(92)76-40(18-11-14-26-65)58(94)82-49(36(6)83)61(97)98/h33-46,49,83H,9-32,63-66H2,1-8H3,(H2,67,84)(H2,68,85)(H,72,88)(H,73,87)(H,74,89)(H,75,93)(H,76,92)(H,77,90)(H,78,96)(H,79,95)(H,80,86)(H,81,91)(H,82,94)(H,97,98)(H4,69,70,71)/t35-,36+,37-,38-,39-,40-,41-,42-,43-,44-,45-,46-,49-/m0/s1. The monoisotopic (exact) mass is 1460 g/mol. The Kier molecular flexibility index (Phi) is 47.5. The van der Waals surface area contributed by atoms with Crippen molar-refractivity contribution in [3.63, 3.8) is 0 Å². The summed E-state index contributed by atoms with van der Waals surface area (Å²) in [5, 5.41) is 47.7. The Bertz CT molecular complexity index is 2660. The Morgan fingerprint density at radius 1 is 0.390 bits per heavy atom. The van der Waals surface area contributed by atoms with Crippen LogP contribution in [0.2, 0.25) is 0 Å². The fourth-order valence-electron chi connectivity index (χ4n) is 9.85. The van der Waals surface area contributed by atoms with Gasteiger partial charge < -0.3 is 115 Å². The highest BCUT2D eigenvalue weighted by atomic mass is 32.2. The highest BCUT2D eigenvalue weighted by Crippen LogP contribution is 2.14. The third-order valence-electron chi connectivity index (χ3n) is 15.4. The summed E-state index contributed by atoms with van der Waals surface area (Å²) < 4.78 is 0. The minimum Gasteiger partial charge on any atom is -0.480 e. The molecule has 0 radical (unpaired) electrons. The van der Waals surface area contributed by atoms with Gasteiger partial charge in [0, 0.05) is 13.0 Å². The Morgan fingerprint density at radius 3 is 1.07 bits per heavy atom. The van der Waals surface area contributed by atoms with Crippen LogP contribution in [0.5, 0.6) is 0 Å². The van der Waals surface area contributed by atoms with Crippen LogP contribution in [0.15, 0.2) is 4.99 Å². The Hall–Kier alpha value is -7.65. The largest absolute Gasteiger partial charge is 0.480 e. The number of amides is 13. The number of hydrogen-bond acceptors (Lipinski definition) is 22. The van der Waals surface area contributed by atoms with Crippen LogP contribution < -0.4 is 104 Å². The van der Waals surface area contributed by atoms with Crippen molar-refractivity contribution in [3.8, 4) is 0 Å². The van der Waals surface area contributed by atoms with Gasteiger partial charge in [0.15, 0.2) is 12.0 Å². The quantitative estimate of drug-likeness (QED) is 0.0153. The Balaban J connectivity index is 7.21. The molecule has 13 amide bonds. The van der Waals surface area contributed by atoms with Crippen LogP contribution in [-0.2, 0) is 67.1 Å². The second-order valence-electron chi connectivity index (χ2n) is 25.3. The maximum absolute atomic E-state index is 14.6. The molecule has 38 heteroatoms. The molecule has 0 unspecified atom stereocenters. The number of carboxylic acid groups (broad SMARTS) is 1. The van der Waals surface area contributed by atoms with E-state index in [9.17, 15) is 77.3 Å². The molecular weight excluding hydrogens is 1340 g/mol. The van der Waals surface area contributed by atoms with Crippen LogP contribution in [0.25, 0.3) is 0 Å². The van der Waals surface area contributed by atoms with Gasteiger partial charge >= 0.3 is 5.97 Å². The number of aliphatic imine (C=N–C) groups is 1. The van der Waals surface area contributed by atoms with E-state index < -0.39 is 181 Å². The van der Waals surface area contributed by atoms with Crippen molar-refractivity contribution in [2.24, 2.45) is 62.7 Å². The molecule has 13 atom stereocenters. The van der Waals surface area contributed by atoms with E-state index >= 15 is 0 Å². The minimum absolute atomic E-state index is 0.00548. The second-order valence-corrected chi connectivity index (χ2v) is 27.2. The lowest BCUT2D eigenvalue weighted by molar-refractivity contribution is -0.145. The first-order chi connectivity index (χ1) is 47.1. The molecule has 0 aromatic rings. The molecule has 0 bridgehead atoms. The summed E-state index contributed by atoms with van der Waals surface area (Å²) in [6.07, 6.45) is 2.18. The van der Waals surface area contributed by atoms with E-state index in [1.165, 1.54) is 30.4 Å². The van der Waals surface area contributed by atoms with Gasteiger partial charge in [-0.15, -0.1) is 0 Å². The zero-order valence-corrected chi connectivity index (χ0v) is 60.8. The molecule has 36 nitrogen and oxygen atoms in total. The number of carbonyl (C=O) groups excluding carboxylic acids is 13. The van der Waals surface area contributed by atoms with Crippen molar-refractivity contribution in [1.82, 2.24) is 58.5 Å². The zero-order chi connectivity index (χ0) is 76.2. The van der Waals surface area contributed by atoms with Crippen molar-refractivity contribution in [3.05, 3.63) is 0 Å². The van der Waals surface area contributed by atoms with Gasteiger partial charge in [-0.25, -0.2) is 4.79 Å². The molecule has 0 aliphatic carbocycles. The lowest BCUT2D eigenvalue weighted by Crippen LogP contribution is -2.61. The van der Waals surface area contributed by atoms with Gasteiger partial charge in [0.1, 0.15) is 60.4 Å². The number of guanidine groups is 1. The van der Waals surface area contributed by atoms with Crippen molar-refractivity contribution < 1.29 is 77.3 Å². The molecule has 100 heavy (non-hydrogen) atoms. The molecule has 0 aromatic carbocycles. The van der Waals surface area contributed by atoms with E-state index in [1.54, 1.807) is 20.1 Å². The highest BCUT2D eigenvalue weighted by Gasteiger charge is 2.37. The predicted octanol–water partition coefficient (Wildman–Crippen LogP) is -5.69. The first-order valence-electron chi connectivity index (χ1n) is 33.8. The summed E-state index contributed by atoms with van der Waals surface area (Å²) in [7, 11) is 0. The number of aliphatic hydroxyl groups is 1. The first-order valence-corrected chi connectivity index (χ1v) is 36.6. The molecule has 0 saturated heterocycles. The zero-order valence-electron chi connectivity index (χ0n) is 59.1. The normalized spacial score (nSPS) is 15.1. The van der Waals surface area contributed by atoms with Crippen LogP contribution in [0, 0.1) is 11.8 Å². The minimum atomic E-state index is -1.90. The molecule has 572 valence electrons. The van der Waals surface area contributed by atoms with Crippen LogP contribution in [0.1, 0.15) is 157 Å². The lowest BCUT2D eigenvalue weighted by Gasteiger charge is -2.28. The number of hydrogen-bond donors (Lipinski definition) is 21. The topological polar surface area (TPSA) is 632 Å². The number of carboxylic acids is 1. The van der Waals surface area contributed by atoms with Crippen LogP contribution in [-0.4, -0.2) is 228 Å². The number of unbranched alkanes of at least 4 members (excludes halogenated alkanes) is 3. The van der Waals surface area contributed by atoms with E-state index in [0.717, 1.165) is 6.92 Å². The van der Waals surface area contributed by atoms with E-state index in [0.29, 0.717) is 37.2 Å². The second kappa shape index (κ2) is 51.5. The Labute approximate surface area is 594 Å². The van der Waals surface area contributed by atoms with Gasteiger partial charge in [-0.3, -0.25) is 67.3 Å². The number of aliphatic hydroxyl groups excluding tert-OH is 1. The van der Waals surface area contributed by atoms with Crippen LogP contribution in [0.3, 0.4) is 0 Å². The summed E-state index contributed by atoms with van der Waals surface area (Å²) >= 11 is 2.80. The van der Waals surface area contributed by atoms with Crippen molar-refractivity contribution in [2.75, 3.05) is 50.2 Å². The first kappa shape index (κ1) is 92.4. The third kappa shape index (κ3) is 39.4. The number of primary amides is 2. The third-order valence-corrected chi connectivity index (χ3v) is 16.6. The molecular formula is C62H116N20O16S2. The number of carbonyl (C=O) groups is 14. The fraction of sp³-hybridized carbons (Fsp3) is 0.758. The summed E-state index contributed by atoms with van der Waals surface area (Å²) in [5.74, 6) is -13.0. The van der Waals surface area contributed by atoms with E-state index in [2.05, 4.69) is 63.5 Å². The van der Waals surface area contributed by atoms with E-state index in [4.69, 9.17) is 45.9 Å². The molecule has 29 N–H and O–H groups in total. The highest BCUT2D eigenvalue weighted by molar-refractivity contribution is 7.98. The van der Waals surface area contributed by atoms with Crippen molar-refractivity contribution in [2.45, 2.75) is 236 Å². The summed E-state index contributed by atoms with van der Waals surface area (Å²) in [5.41, 5.74) is 45.4. The molecule has 0 aliphatic heterocycles. The molecule has 0 spiro atoms. The van der Waals surface area contributed by atoms with E-state index in [1.807, 2.05) is 20.1 Å². The molecule has 0 rings (SSSR count). The maximum atomic E-state index is 14.6. The maximum Gasteiger partial charge on any atom is 0.328 e. The average molecular weight is 1460 g/mol. The van der Waals surface area contributed by atoms with E-state index in [-0.39, 0.29) is 115 Å². The number of nitrogens with one attached hydrogen (secondary N) is 11. The summed E-state index contributed by atoms with van der Waals surface area (Å²) in [6.45, 7) is 10.4. The van der Waals surface area contributed by atoms with Gasteiger partial charge in [-0.05, 0) is 172 Å². The number of nitrogens with two attached hydrogens (primary N) is 8. The number of aliphatic carboxylic acids is 1. The lowest BCUT2D eigenvalue weighted by atomic mass is 10.0. The average Bonchev–Trinajstić information content (AvgIpc) is 0.863. The van der Waals surface area contributed by atoms with Gasteiger partial charge in [0.2, 0.25) is 76.8 Å². The molecule has 0 fully saturated rings. The van der Waals surface area contributed by atoms with Crippen LogP contribution >= 0.6 is 23.5 Å². The Morgan fingerprint density at radius 2 is 0.720 bits per heavy atom. The number of nitrogens with zero attached hydrogens (tertiary/aromatic N) is 1. The molecule has 0 aromatic heterocycles.